The molecule has 0 saturated carbocycles. The largest absolute Gasteiger partial charge is 0.245 e. The average Bonchev–Trinajstić information content (AvgIpc) is 2.75. The van der Waals surface area contributed by atoms with Gasteiger partial charge < -0.3 is 0 Å². The van der Waals surface area contributed by atoms with E-state index in [1.165, 1.54) is 11.3 Å². The van der Waals surface area contributed by atoms with Gasteiger partial charge in [-0.3, -0.25) is 0 Å². The molecule has 1 aromatic heterocycles. The highest BCUT2D eigenvalue weighted by Gasteiger charge is 2.20. The molecule has 0 aliphatic carbocycles. The minimum atomic E-state index is -3.53. The Morgan fingerprint density at radius 2 is 2.16 bits per heavy atom. The normalized spacial score (nSPS) is 13.4. The Balaban J connectivity index is 2.22. The Morgan fingerprint density at radius 1 is 1.42 bits per heavy atom. The van der Waals surface area contributed by atoms with Crippen LogP contribution >= 0.6 is 27.3 Å². The lowest BCUT2D eigenvalue weighted by molar-refractivity contribution is 0.566. The van der Waals surface area contributed by atoms with E-state index in [4.69, 9.17) is 0 Å². The van der Waals surface area contributed by atoms with Gasteiger partial charge in [-0.05, 0) is 32.0 Å². The molecule has 102 valence electrons. The van der Waals surface area contributed by atoms with Gasteiger partial charge in [0.25, 0.3) is 0 Å². The second kappa shape index (κ2) is 5.70. The van der Waals surface area contributed by atoms with Gasteiger partial charge in [-0.25, -0.2) is 18.1 Å². The van der Waals surface area contributed by atoms with Crippen LogP contribution in [0.25, 0.3) is 0 Å². The lowest BCUT2D eigenvalue weighted by Crippen LogP contribution is -2.26. The Labute approximate surface area is 125 Å². The van der Waals surface area contributed by atoms with E-state index in [2.05, 4.69) is 25.6 Å². The molecule has 0 aliphatic heterocycles. The summed E-state index contributed by atoms with van der Waals surface area (Å²) >= 11 is 4.72. The Hall–Kier alpha value is -0.760. The van der Waals surface area contributed by atoms with Gasteiger partial charge in [0.15, 0.2) is 0 Å². The third-order valence-corrected chi connectivity index (χ3v) is 5.62. The second-order valence-electron chi connectivity index (χ2n) is 4.13. The third-order valence-electron chi connectivity index (χ3n) is 2.45. The van der Waals surface area contributed by atoms with Crippen LogP contribution in [0.1, 0.15) is 23.7 Å². The lowest BCUT2D eigenvalue weighted by atomic mass is 10.4. The summed E-state index contributed by atoms with van der Waals surface area (Å²) in [4.78, 5) is 4.53. The summed E-state index contributed by atoms with van der Waals surface area (Å²) in [5.74, 6) is 0. The van der Waals surface area contributed by atoms with Crippen LogP contribution in [0.2, 0.25) is 0 Å². The lowest BCUT2D eigenvalue weighted by Gasteiger charge is -2.12. The van der Waals surface area contributed by atoms with Crippen LogP contribution in [0.4, 0.5) is 0 Å². The molecule has 0 fully saturated rings. The quantitative estimate of drug-likeness (QED) is 0.910. The van der Waals surface area contributed by atoms with Crippen molar-refractivity contribution in [2.45, 2.75) is 24.8 Å². The first-order valence-electron chi connectivity index (χ1n) is 5.58. The van der Waals surface area contributed by atoms with E-state index in [-0.39, 0.29) is 10.9 Å². The Kier molecular flexibility index (Phi) is 4.39. The van der Waals surface area contributed by atoms with Gasteiger partial charge in [0.2, 0.25) is 10.0 Å². The third kappa shape index (κ3) is 3.62. The highest BCUT2D eigenvalue weighted by molar-refractivity contribution is 9.10. The number of aryl methyl sites for hydroxylation is 1. The first kappa shape index (κ1) is 14.6. The number of hydrogen-bond donors (Lipinski definition) is 1. The fourth-order valence-electron chi connectivity index (χ4n) is 1.56. The van der Waals surface area contributed by atoms with Crippen LogP contribution in [-0.4, -0.2) is 13.4 Å². The number of hydrogen-bond acceptors (Lipinski definition) is 4. The van der Waals surface area contributed by atoms with Crippen LogP contribution in [0.3, 0.4) is 0 Å². The Morgan fingerprint density at radius 3 is 2.74 bits per heavy atom. The number of benzene rings is 1. The van der Waals surface area contributed by atoms with Crippen molar-refractivity contribution in [2.24, 2.45) is 0 Å². The van der Waals surface area contributed by atoms with Crippen molar-refractivity contribution < 1.29 is 8.42 Å². The van der Waals surface area contributed by atoms with E-state index in [0.29, 0.717) is 0 Å². The molecule has 2 rings (SSSR count). The average molecular weight is 361 g/mol. The van der Waals surface area contributed by atoms with E-state index in [9.17, 15) is 8.42 Å². The fourth-order valence-corrected chi connectivity index (χ4v) is 4.24. The molecule has 0 amide bonds. The number of nitrogens with zero attached hydrogens (tertiary/aromatic N) is 1. The molecule has 1 N–H and O–H groups in total. The predicted molar refractivity (Wildman–Crippen MR) is 79.7 cm³/mol. The maximum atomic E-state index is 12.2. The zero-order chi connectivity index (χ0) is 14.0. The maximum absolute atomic E-state index is 12.2. The zero-order valence-electron chi connectivity index (χ0n) is 10.4. The molecule has 0 aliphatic rings. The van der Waals surface area contributed by atoms with Gasteiger partial charge in [-0.15, -0.1) is 11.3 Å². The molecule has 2 aromatic rings. The summed E-state index contributed by atoms with van der Waals surface area (Å²) in [7, 11) is -3.53. The predicted octanol–water partition coefficient (Wildman–Crippen LogP) is 3.25. The van der Waals surface area contributed by atoms with Crippen molar-refractivity contribution in [3.8, 4) is 0 Å². The van der Waals surface area contributed by atoms with E-state index in [1.54, 1.807) is 31.2 Å². The molecule has 0 saturated heterocycles. The van der Waals surface area contributed by atoms with Gasteiger partial charge in [-0.2, -0.15) is 0 Å². The summed E-state index contributed by atoms with van der Waals surface area (Å²) < 4.78 is 27.8. The Bertz CT molecular complexity index is 683. The first-order chi connectivity index (χ1) is 8.88. The molecular formula is C12H13BrN2O2S2. The van der Waals surface area contributed by atoms with Gasteiger partial charge in [0.05, 0.1) is 10.9 Å². The fraction of sp³-hybridized carbons (Fsp3) is 0.250. The number of aromatic nitrogens is 1. The summed E-state index contributed by atoms with van der Waals surface area (Å²) in [5.41, 5.74) is 0.897. The summed E-state index contributed by atoms with van der Waals surface area (Å²) in [6, 6.07) is 6.26. The minimum absolute atomic E-state index is 0.238. The molecule has 7 heteroatoms. The van der Waals surface area contributed by atoms with Crippen molar-refractivity contribution in [1.29, 1.82) is 0 Å². The molecule has 0 bridgehead atoms. The zero-order valence-corrected chi connectivity index (χ0v) is 13.6. The molecule has 1 unspecified atom stereocenters. The molecule has 1 heterocycles. The van der Waals surface area contributed by atoms with Crippen LogP contribution in [0.5, 0.6) is 0 Å². The summed E-state index contributed by atoms with van der Waals surface area (Å²) in [5, 5.41) is 2.66. The first-order valence-corrected chi connectivity index (χ1v) is 8.74. The van der Waals surface area contributed by atoms with Gasteiger partial charge >= 0.3 is 0 Å². The smallest absolute Gasteiger partial charge is 0.241 e. The molecule has 0 spiro atoms. The maximum Gasteiger partial charge on any atom is 0.241 e. The van der Waals surface area contributed by atoms with E-state index in [1.807, 2.05) is 12.3 Å². The minimum Gasteiger partial charge on any atom is -0.245 e. The van der Waals surface area contributed by atoms with E-state index >= 15 is 0 Å². The van der Waals surface area contributed by atoms with Gasteiger partial charge in [0.1, 0.15) is 5.01 Å². The highest BCUT2D eigenvalue weighted by atomic mass is 79.9. The molecule has 1 atom stereocenters. The SMILES string of the molecule is Cc1csc(C(C)NS(=O)(=O)c2cccc(Br)c2)n1. The van der Waals surface area contributed by atoms with E-state index in [0.717, 1.165) is 15.2 Å². The molecule has 0 radical (unpaired) electrons. The monoisotopic (exact) mass is 360 g/mol. The topological polar surface area (TPSA) is 59.1 Å². The number of halogens is 1. The summed E-state index contributed by atoms with van der Waals surface area (Å²) in [6.07, 6.45) is 0. The summed E-state index contributed by atoms with van der Waals surface area (Å²) in [6.45, 7) is 3.67. The number of thiazole rings is 1. The van der Waals surface area contributed by atoms with Crippen LogP contribution < -0.4 is 4.72 Å². The van der Waals surface area contributed by atoms with Crippen molar-refractivity contribution in [1.82, 2.24) is 9.71 Å². The van der Waals surface area contributed by atoms with Crippen molar-refractivity contribution in [3.63, 3.8) is 0 Å². The highest BCUT2D eigenvalue weighted by Crippen LogP contribution is 2.21. The van der Waals surface area contributed by atoms with Crippen molar-refractivity contribution in [2.75, 3.05) is 0 Å². The van der Waals surface area contributed by atoms with Gasteiger partial charge in [-0.1, -0.05) is 22.0 Å². The molecular weight excluding hydrogens is 348 g/mol. The van der Waals surface area contributed by atoms with Crippen LogP contribution in [0.15, 0.2) is 39.0 Å². The second-order valence-corrected chi connectivity index (χ2v) is 7.65. The van der Waals surface area contributed by atoms with Crippen LogP contribution in [0, 0.1) is 6.92 Å². The molecule has 1 aromatic carbocycles. The van der Waals surface area contributed by atoms with Gasteiger partial charge in [0, 0.05) is 15.5 Å². The van der Waals surface area contributed by atoms with Crippen LogP contribution in [-0.2, 0) is 10.0 Å². The standard InChI is InChI=1S/C12H13BrN2O2S2/c1-8-7-18-12(14-8)9(2)15-19(16,17)11-5-3-4-10(13)6-11/h3-7,9,15H,1-2H3. The van der Waals surface area contributed by atoms with Crippen molar-refractivity contribution >= 4 is 37.3 Å². The molecule has 4 nitrogen and oxygen atoms in total. The number of sulfonamides is 1. The van der Waals surface area contributed by atoms with E-state index < -0.39 is 10.0 Å². The number of rotatable bonds is 4. The van der Waals surface area contributed by atoms with Crippen molar-refractivity contribution in [3.05, 3.63) is 44.8 Å². The molecule has 19 heavy (non-hydrogen) atoms. The number of nitrogens with one attached hydrogen (secondary N) is 1.